The van der Waals surface area contributed by atoms with E-state index in [1.807, 2.05) is 0 Å². The van der Waals surface area contributed by atoms with Crippen molar-refractivity contribution in [2.24, 2.45) is 9.98 Å². The fourth-order valence-corrected chi connectivity index (χ4v) is 3.52. The Morgan fingerprint density at radius 2 is 1.24 bits per heavy atom. The van der Waals surface area contributed by atoms with E-state index in [1.54, 1.807) is 7.05 Å². The average Bonchev–Trinajstić information content (AvgIpc) is 2.79. The number of rotatable bonds is 3. The molecule has 0 bridgehead atoms. The molecule has 0 fully saturated rings. The van der Waals surface area contributed by atoms with Crippen molar-refractivity contribution >= 4 is 33.2 Å². The van der Waals surface area contributed by atoms with Gasteiger partial charge < -0.3 is 4.90 Å². The van der Waals surface area contributed by atoms with Gasteiger partial charge in [0.2, 0.25) is 0 Å². The minimum absolute atomic E-state index is 0.735. The minimum atomic E-state index is 0.735. The molecule has 0 aromatic heterocycles. The van der Waals surface area contributed by atoms with E-state index in [1.165, 1.54) is 21.5 Å². The van der Waals surface area contributed by atoms with Gasteiger partial charge in [-0.2, -0.15) is 0 Å². The molecule has 3 nitrogen and oxygen atoms in total. The smallest absolute Gasteiger partial charge is 0.156 e. The van der Waals surface area contributed by atoms with E-state index >= 15 is 0 Å². The van der Waals surface area contributed by atoms with Crippen LogP contribution in [-0.4, -0.2) is 37.2 Å². The number of hydrogen-bond donors (Lipinski definition) is 0. The SMILES string of the molecule is CCN(C)C(=NC(=NC)c1ccc2ccccc2c1)c1ccc2ccccc2c1. The first kappa shape index (κ1) is 18.9. The molecule has 0 saturated carbocycles. The minimum Gasteiger partial charge on any atom is -0.359 e. The van der Waals surface area contributed by atoms with Crippen LogP contribution in [0.1, 0.15) is 18.1 Å². The van der Waals surface area contributed by atoms with E-state index in [2.05, 4.69) is 109 Å². The summed E-state index contributed by atoms with van der Waals surface area (Å²) in [6.07, 6.45) is 0. The van der Waals surface area contributed by atoms with Crippen LogP contribution in [0.5, 0.6) is 0 Å². The van der Waals surface area contributed by atoms with Gasteiger partial charge in [0.15, 0.2) is 5.84 Å². The second-order valence-electron chi connectivity index (χ2n) is 7.12. The molecule has 0 amide bonds. The molecule has 144 valence electrons. The molecular formula is C26H25N3. The summed E-state index contributed by atoms with van der Waals surface area (Å²) in [5, 5.41) is 4.85. The van der Waals surface area contributed by atoms with Gasteiger partial charge in [-0.05, 0) is 40.6 Å². The zero-order valence-corrected chi connectivity index (χ0v) is 17.1. The molecule has 0 aliphatic rings. The van der Waals surface area contributed by atoms with Crippen molar-refractivity contribution in [1.29, 1.82) is 0 Å². The average molecular weight is 380 g/mol. The highest BCUT2D eigenvalue weighted by atomic mass is 15.2. The number of nitrogens with zero attached hydrogens (tertiary/aromatic N) is 3. The highest BCUT2D eigenvalue weighted by Gasteiger charge is 2.12. The molecule has 0 heterocycles. The van der Waals surface area contributed by atoms with Gasteiger partial charge in [-0.25, -0.2) is 4.99 Å². The van der Waals surface area contributed by atoms with E-state index in [9.17, 15) is 0 Å². The molecule has 0 unspecified atom stereocenters. The summed E-state index contributed by atoms with van der Waals surface area (Å²) in [5.74, 6) is 1.66. The van der Waals surface area contributed by atoms with Crippen LogP contribution in [0, 0.1) is 0 Å². The van der Waals surface area contributed by atoms with Crippen molar-refractivity contribution < 1.29 is 0 Å². The molecule has 0 spiro atoms. The van der Waals surface area contributed by atoms with Crippen molar-refractivity contribution in [2.75, 3.05) is 20.6 Å². The number of amidine groups is 2. The number of aliphatic imine (C=N–C) groups is 2. The quantitative estimate of drug-likeness (QED) is 0.328. The maximum Gasteiger partial charge on any atom is 0.156 e. The summed E-state index contributed by atoms with van der Waals surface area (Å²) in [7, 11) is 3.87. The molecule has 4 rings (SSSR count). The summed E-state index contributed by atoms with van der Waals surface area (Å²) < 4.78 is 0. The lowest BCUT2D eigenvalue weighted by Gasteiger charge is -2.20. The van der Waals surface area contributed by atoms with Crippen LogP contribution in [-0.2, 0) is 0 Å². The molecule has 0 saturated heterocycles. The van der Waals surface area contributed by atoms with Gasteiger partial charge >= 0.3 is 0 Å². The lowest BCUT2D eigenvalue weighted by molar-refractivity contribution is 0.537. The maximum atomic E-state index is 5.01. The van der Waals surface area contributed by atoms with Crippen molar-refractivity contribution in [3.8, 4) is 0 Å². The number of hydrogen-bond acceptors (Lipinski definition) is 1. The van der Waals surface area contributed by atoms with Crippen LogP contribution < -0.4 is 0 Å². The van der Waals surface area contributed by atoms with Gasteiger partial charge in [0, 0.05) is 31.8 Å². The van der Waals surface area contributed by atoms with E-state index in [-0.39, 0.29) is 0 Å². The fourth-order valence-electron chi connectivity index (χ4n) is 3.52. The summed E-state index contributed by atoms with van der Waals surface area (Å²) in [6.45, 7) is 3.00. The molecule has 0 radical (unpaired) electrons. The lowest BCUT2D eigenvalue weighted by atomic mass is 10.1. The van der Waals surface area contributed by atoms with E-state index in [0.29, 0.717) is 0 Å². The molecular weight excluding hydrogens is 354 g/mol. The summed E-state index contributed by atoms with van der Waals surface area (Å²) in [4.78, 5) is 11.7. The van der Waals surface area contributed by atoms with Crippen molar-refractivity contribution in [1.82, 2.24) is 4.90 Å². The van der Waals surface area contributed by atoms with Gasteiger partial charge in [0.1, 0.15) is 5.84 Å². The van der Waals surface area contributed by atoms with Gasteiger partial charge in [0.25, 0.3) is 0 Å². The standard InChI is InChI=1S/C26H25N3/c1-4-29(3)26(24-16-14-20-10-6-8-12-22(20)18-24)28-25(27-2)23-15-13-19-9-5-7-11-21(19)17-23/h5-18H,4H2,1-3H3. The van der Waals surface area contributed by atoms with E-state index in [4.69, 9.17) is 4.99 Å². The number of fused-ring (bicyclic) bond motifs is 2. The molecule has 0 atom stereocenters. The fraction of sp³-hybridized carbons (Fsp3) is 0.154. The van der Waals surface area contributed by atoms with Crippen LogP contribution in [0.3, 0.4) is 0 Å². The van der Waals surface area contributed by atoms with Crippen LogP contribution in [0.2, 0.25) is 0 Å². The van der Waals surface area contributed by atoms with Crippen molar-refractivity contribution in [3.63, 3.8) is 0 Å². The Morgan fingerprint density at radius 1 is 0.724 bits per heavy atom. The molecule has 4 aromatic rings. The van der Waals surface area contributed by atoms with E-state index < -0.39 is 0 Å². The predicted octanol–water partition coefficient (Wildman–Crippen LogP) is 5.77. The first-order valence-electron chi connectivity index (χ1n) is 9.94. The first-order valence-corrected chi connectivity index (χ1v) is 9.94. The summed E-state index contributed by atoms with van der Waals surface area (Å²) in [6, 6.07) is 29.7. The molecule has 29 heavy (non-hydrogen) atoms. The molecule has 4 aromatic carbocycles. The summed E-state index contributed by atoms with van der Waals surface area (Å²) >= 11 is 0. The first-order chi connectivity index (χ1) is 14.2. The third-order valence-electron chi connectivity index (χ3n) is 5.27. The Kier molecular flexibility index (Phi) is 5.39. The van der Waals surface area contributed by atoms with Gasteiger partial charge in [-0.3, -0.25) is 4.99 Å². The number of benzene rings is 4. The largest absolute Gasteiger partial charge is 0.359 e. The van der Waals surface area contributed by atoms with Gasteiger partial charge in [-0.15, -0.1) is 0 Å². The Bertz CT molecular complexity index is 1220. The van der Waals surface area contributed by atoms with Crippen LogP contribution >= 0.6 is 0 Å². The topological polar surface area (TPSA) is 28.0 Å². The second-order valence-corrected chi connectivity index (χ2v) is 7.12. The molecule has 0 N–H and O–H groups in total. The molecule has 3 heteroatoms. The predicted molar refractivity (Wildman–Crippen MR) is 125 cm³/mol. The molecule has 0 aliphatic carbocycles. The zero-order chi connectivity index (χ0) is 20.2. The van der Waals surface area contributed by atoms with Crippen LogP contribution in [0.4, 0.5) is 0 Å². The normalized spacial score (nSPS) is 12.5. The third-order valence-corrected chi connectivity index (χ3v) is 5.27. The Morgan fingerprint density at radius 3 is 1.79 bits per heavy atom. The molecule has 0 aliphatic heterocycles. The monoisotopic (exact) mass is 379 g/mol. The highest BCUT2D eigenvalue weighted by molar-refractivity contribution is 6.13. The lowest BCUT2D eigenvalue weighted by Crippen LogP contribution is -2.28. The third kappa shape index (κ3) is 3.90. The van der Waals surface area contributed by atoms with Gasteiger partial charge in [-0.1, -0.05) is 72.8 Å². The Labute approximate surface area is 172 Å². The zero-order valence-electron chi connectivity index (χ0n) is 17.1. The Balaban J connectivity index is 1.81. The Hall–Kier alpha value is -3.46. The summed E-state index contributed by atoms with van der Waals surface area (Å²) in [5.41, 5.74) is 2.11. The van der Waals surface area contributed by atoms with Crippen LogP contribution in [0.25, 0.3) is 21.5 Å². The van der Waals surface area contributed by atoms with Gasteiger partial charge in [0.05, 0.1) is 0 Å². The second kappa shape index (κ2) is 8.27. The highest BCUT2D eigenvalue weighted by Crippen LogP contribution is 2.19. The maximum absolute atomic E-state index is 5.01. The van der Waals surface area contributed by atoms with Crippen molar-refractivity contribution in [3.05, 3.63) is 96.1 Å². The van der Waals surface area contributed by atoms with E-state index in [0.717, 1.165) is 29.3 Å². The van der Waals surface area contributed by atoms with Crippen LogP contribution in [0.15, 0.2) is 94.9 Å². The van der Waals surface area contributed by atoms with Crippen molar-refractivity contribution in [2.45, 2.75) is 6.92 Å².